The molecule has 3 atom stereocenters. The lowest BCUT2D eigenvalue weighted by Crippen LogP contribution is -2.36. The van der Waals surface area contributed by atoms with Crippen molar-refractivity contribution in [1.82, 2.24) is 0 Å². The highest BCUT2D eigenvalue weighted by Gasteiger charge is 2.50. The second kappa shape index (κ2) is 6.20. The summed E-state index contributed by atoms with van der Waals surface area (Å²) >= 11 is 11.7. The molecular weight excluding hydrogens is 359 g/mol. The maximum absolute atomic E-state index is 12.4. The van der Waals surface area contributed by atoms with Gasteiger partial charge in [0.05, 0.1) is 5.02 Å². The minimum atomic E-state index is -1.07. The number of hydrogen-bond donors (Lipinski definition) is 1. The summed E-state index contributed by atoms with van der Waals surface area (Å²) in [6.07, 6.45) is 4.33. The van der Waals surface area contributed by atoms with Crippen LogP contribution in [0.25, 0.3) is 0 Å². The molecule has 3 unspecified atom stereocenters. The Morgan fingerprint density at radius 1 is 1.52 bits per heavy atom. The zero-order chi connectivity index (χ0) is 16.8. The van der Waals surface area contributed by atoms with Crippen molar-refractivity contribution in [2.24, 2.45) is 0 Å². The van der Waals surface area contributed by atoms with Gasteiger partial charge in [-0.2, -0.15) is 0 Å². The Morgan fingerprint density at radius 2 is 2.26 bits per heavy atom. The van der Waals surface area contributed by atoms with E-state index in [1.807, 2.05) is 13.0 Å². The molecule has 4 nitrogen and oxygen atoms in total. The number of hydrogen-bond acceptors (Lipinski definition) is 3. The SMILES string of the molecule is CC1(C2CCc3cc(OCC(=O)O)c(Cl)c(Cl)c32)CC=C[S+]1[O-]. The van der Waals surface area contributed by atoms with E-state index in [0.717, 1.165) is 30.4 Å². The number of benzene rings is 1. The smallest absolute Gasteiger partial charge is 0.341 e. The first-order valence-electron chi connectivity index (χ1n) is 7.27. The standard InChI is InChI=1S/C16H16Cl2O4S/c1-16(5-2-6-23(16)21)10-4-3-9-7-11(22-8-12(19)20)14(17)15(18)13(9)10/h2,6-7,10H,3-5,8H2,1H3,(H,19,20). The second-order valence-electron chi connectivity index (χ2n) is 6.04. The van der Waals surface area contributed by atoms with Crippen LogP contribution in [0.15, 0.2) is 17.6 Å². The summed E-state index contributed by atoms with van der Waals surface area (Å²) < 4.78 is 17.2. The third kappa shape index (κ3) is 2.84. The van der Waals surface area contributed by atoms with E-state index in [1.54, 1.807) is 11.5 Å². The largest absolute Gasteiger partial charge is 0.611 e. The van der Waals surface area contributed by atoms with Crippen LogP contribution >= 0.6 is 23.2 Å². The summed E-state index contributed by atoms with van der Waals surface area (Å²) in [6.45, 7) is 1.55. The second-order valence-corrected chi connectivity index (χ2v) is 8.59. The van der Waals surface area contributed by atoms with Gasteiger partial charge in [0.1, 0.15) is 20.9 Å². The minimum absolute atomic E-state index is 0.0619. The first-order chi connectivity index (χ1) is 10.8. The lowest BCUT2D eigenvalue weighted by Gasteiger charge is -2.32. The number of carbonyl (C=O) groups is 1. The maximum Gasteiger partial charge on any atom is 0.341 e. The van der Waals surface area contributed by atoms with Crippen molar-refractivity contribution in [1.29, 1.82) is 0 Å². The Morgan fingerprint density at radius 3 is 2.87 bits per heavy atom. The van der Waals surface area contributed by atoms with Gasteiger partial charge in [-0.3, -0.25) is 0 Å². The summed E-state index contributed by atoms with van der Waals surface area (Å²) in [5.41, 5.74) is 1.92. The molecule has 0 spiro atoms. The fourth-order valence-corrected chi connectivity index (χ4v) is 5.35. The van der Waals surface area contributed by atoms with E-state index in [9.17, 15) is 9.35 Å². The average molecular weight is 375 g/mol. The number of ether oxygens (including phenoxy) is 1. The van der Waals surface area contributed by atoms with Crippen LogP contribution in [0, 0.1) is 0 Å². The van der Waals surface area contributed by atoms with Crippen molar-refractivity contribution in [3.63, 3.8) is 0 Å². The maximum atomic E-state index is 12.4. The molecule has 0 radical (unpaired) electrons. The minimum Gasteiger partial charge on any atom is -0.611 e. The molecule has 1 aliphatic heterocycles. The fraction of sp³-hybridized carbons (Fsp3) is 0.438. The molecule has 23 heavy (non-hydrogen) atoms. The van der Waals surface area contributed by atoms with Crippen molar-refractivity contribution in [2.45, 2.75) is 36.9 Å². The third-order valence-corrected chi connectivity index (χ3v) is 7.31. The molecule has 0 saturated carbocycles. The van der Waals surface area contributed by atoms with E-state index >= 15 is 0 Å². The lowest BCUT2D eigenvalue weighted by molar-refractivity contribution is -0.139. The summed E-state index contributed by atoms with van der Waals surface area (Å²) in [7, 11) is 0. The molecular formula is C16H16Cl2O4S. The molecule has 1 aliphatic carbocycles. The zero-order valence-corrected chi connectivity index (χ0v) is 14.8. The predicted molar refractivity (Wildman–Crippen MR) is 91.0 cm³/mol. The Labute approximate surface area is 147 Å². The molecule has 1 aromatic carbocycles. The van der Waals surface area contributed by atoms with Gasteiger partial charge in [-0.1, -0.05) is 23.2 Å². The van der Waals surface area contributed by atoms with Gasteiger partial charge in [0.25, 0.3) is 0 Å². The molecule has 124 valence electrons. The number of carboxylic acids is 1. The van der Waals surface area contributed by atoms with Crippen LogP contribution in [0.2, 0.25) is 10.0 Å². The number of halogens is 2. The molecule has 0 saturated heterocycles. The Bertz CT molecular complexity index is 691. The van der Waals surface area contributed by atoms with Gasteiger partial charge in [-0.15, -0.1) is 0 Å². The first-order valence-corrected chi connectivity index (χ1v) is 9.24. The van der Waals surface area contributed by atoms with Crippen LogP contribution in [-0.4, -0.2) is 27.0 Å². The van der Waals surface area contributed by atoms with Crippen molar-refractivity contribution < 1.29 is 19.2 Å². The van der Waals surface area contributed by atoms with Gasteiger partial charge in [-0.05, 0) is 54.2 Å². The van der Waals surface area contributed by atoms with Gasteiger partial charge in [-0.25, -0.2) is 4.79 Å². The molecule has 1 aromatic rings. The molecule has 1 heterocycles. The molecule has 2 aliphatic rings. The highest BCUT2D eigenvalue weighted by Crippen LogP contribution is 2.53. The lowest BCUT2D eigenvalue weighted by atomic mass is 9.85. The van der Waals surface area contributed by atoms with Gasteiger partial charge >= 0.3 is 5.97 Å². The van der Waals surface area contributed by atoms with Crippen LogP contribution in [-0.2, 0) is 22.4 Å². The number of carboxylic acid groups (broad SMARTS) is 1. The monoisotopic (exact) mass is 374 g/mol. The van der Waals surface area contributed by atoms with Crippen LogP contribution < -0.4 is 4.74 Å². The van der Waals surface area contributed by atoms with Crippen molar-refractivity contribution in [3.8, 4) is 5.75 Å². The molecule has 0 bridgehead atoms. The Hall–Kier alpha value is -0.880. The molecule has 1 N–H and O–H groups in total. The van der Waals surface area contributed by atoms with E-state index in [-0.39, 0.29) is 21.4 Å². The zero-order valence-electron chi connectivity index (χ0n) is 12.5. The van der Waals surface area contributed by atoms with E-state index in [1.165, 1.54) is 0 Å². The quantitative estimate of drug-likeness (QED) is 0.810. The van der Waals surface area contributed by atoms with Gasteiger partial charge in [0.15, 0.2) is 6.61 Å². The van der Waals surface area contributed by atoms with E-state index < -0.39 is 23.8 Å². The van der Waals surface area contributed by atoms with Crippen molar-refractivity contribution in [2.75, 3.05) is 6.61 Å². The van der Waals surface area contributed by atoms with E-state index in [2.05, 4.69) is 0 Å². The number of allylic oxidation sites excluding steroid dienone is 1. The molecule has 0 aromatic heterocycles. The highest BCUT2D eigenvalue weighted by molar-refractivity contribution is 7.95. The van der Waals surface area contributed by atoms with Crippen LogP contribution in [0.5, 0.6) is 5.75 Å². The topological polar surface area (TPSA) is 69.6 Å². The Kier molecular flexibility index (Phi) is 4.58. The van der Waals surface area contributed by atoms with Crippen molar-refractivity contribution in [3.05, 3.63) is 38.7 Å². The van der Waals surface area contributed by atoms with Crippen molar-refractivity contribution >= 4 is 40.3 Å². The van der Waals surface area contributed by atoms with Crippen LogP contribution in [0.1, 0.15) is 36.8 Å². The van der Waals surface area contributed by atoms with Gasteiger partial charge in [0.2, 0.25) is 0 Å². The molecule has 3 rings (SSSR count). The summed E-state index contributed by atoms with van der Waals surface area (Å²) in [5.74, 6) is -0.725. The number of aryl methyl sites for hydroxylation is 1. The number of fused-ring (bicyclic) bond motifs is 1. The highest BCUT2D eigenvalue weighted by atomic mass is 35.5. The number of rotatable bonds is 4. The van der Waals surface area contributed by atoms with E-state index in [0.29, 0.717) is 5.02 Å². The third-order valence-electron chi connectivity index (χ3n) is 4.64. The van der Waals surface area contributed by atoms with E-state index in [4.69, 9.17) is 33.0 Å². The first kappa shape index (κ1) is 17.0. The molecule has 0 amide bonds. The summed E-state index contributed by atoms with van der Waals surface area (Å²) in [5, 5.41) is 11.1. The fourth-order valence-electron chi connectivity index (χ4n) is 3.44. The number of aliphatic carboxylic acids is 1. The Balaban J connectivity index is 1.98. The van der Waals surface area contributed by atoms with Crippen LogP contribution in [0.3, 0.4) is 0 Å². The average Bonchev–Trinajstić information content (AvgIpc) is 3.06. The molecule has 7 heteroatoms. The van der Waals surface area contributed by atoms with Gasteiger partial charge < -0.3 is 14.4 Å². The normalized spacial score (nSPS) is 28.9. The van der Waals surface area contributed by atoms with Gasteiger partial charge in [0, 0.05) is 12.3 Å². The summed E-state index contributed by atoms with van der Waals surface area (Å²) in [4.78, 5) is 10.7. The van der Waals surface area contributed by atoms with Crippen LogP contribution in [0.4, 0.5) is 0 Å². The predicted octanol–water partition coefficient (Wildman–Crippen LogP) is 3.91. The summed E-state index contributed by atoms with van der Waals surface area (Å²) in [6, 6.07) is 1.77. The molecule has 0 fully saturated rings.